The van der Waals surface area contributed by atoms with Crippen LogP contribution in [0.1, 0.15) is 33.3 Å². The Morgan fingerprint density at radius 2 is 1.91 bits per heavy atom. The highest BCUT2D eigenvalue weighted by molar-refractivity contribution is 5.89. The van der Waals surface area contributed by atoms with Crippen molar-refractivity contribution in [3.05, 3.63) is 36.0 Å². The lowest BCUT2D eigenvalue weighted by atomic mass is 10.0. The Labute approximate surface area is 188 Å². The number of urea groups is 2. The van der Waals surface area contributed by atoms with Crippen molar-refractivity contribution in [1.29, 1.82) is 0 Å². The number of H-pyrrole nitrogens is 1. The van der Waals surface area contributed by atoms with Gasteiger partial charge in [0.2, 0.25) is 5.91 Å². The minimum absolute atomic E-state index is 0.0520. The fraction of sp³-hybridized carbons (Fsp3) is 0.522. The van der Waals surface area contributed by atoms with Gasteiger partial charge < -0.3 is 30.7 Å². The lowest BCUT2D eigenvalue weighted by Gasteiger charge is -2.41. The zero-order chi connectivity index (χ0) is 23.3. The first kappa shape index (κ1) is 23.4. The van der Waals surface area contributed by atoms with E-state index in [4.69, 9.17) is 0 Å². The van der Waals surface area contributed by atoms with E-state index in [-0.39, 0.29) is 30.1 Å². The summed E-state index contributed by atoms with van der Waals surface area (Å²) in [6.45, 7) is 9.38. The topological polar surface area (TPSA) is 110 Å². The van der Waals surface area contributed by atoms with Gasteiger partial charge in [0.15, 0.2) is 0 Å². The Morgan fingerprint density at radius 3 is 2.59 bits per heavy atom. The third-order valence-electron chi connectivity index (χ3n) is 5.65. The van der Waals surface area contributed by atoms with E-state index in [1.54, 1.807) is 9.80 Å². The summed E-state index contributed by atoms with van der Waals surface area (Å²) < 4.78 is 0. The number of rotatable bonds is 6. The monoisotopic (exact) mass is 442 g/mol. The number of hydrogen-bond acceptors (Lipinski definition) is 3. The Hall–Kier alpha value is -3.23. The summed E-state index contributed by atoms with van der Waals surface area (Å²) in [7, 11) is 0. The molecule has 1 aromatic carbocycles. The number of para-hydroxylation sites is 1. The Morgan fingerprint density at radius 1 is 1.16 bits per heavy atom. The average molecular weight is 443 g/mol. The third kappa shape index (κ3) is 5.52. The molecule has 0 radical (unpaired) electrons. The van der Waals surface area contributed by atoms with Gasteiger partial charge in [-0.1, -0.05) is 18.2 Å². The van der Waals surface area contributed by atoms with Gasteiger partial charge in [-0.3, -0.25) is 4.79 Å². The molecule has 4 N–H and O–H groups in total. The zero-order valence-corrected chi connectivity index (χ0v) is 19.3. The molecular formula is C23H34N6O3. The molecule has 0 bridgehead atoms. The quantitative estimate of drug-likeness (QED) is 0.550. The van der Waals surface area contributed by atoms with Crippen LogP contribution in [-0.4, -0.2) is 77.1 Å². The maximum absolute atomic E-state index is 13.5. The van der Waals surface area contributed by atoms with Crippen LogP contribution in [0.2, 0.25) is 0 Å². The zero-order valence-electron chi connectivity index (χ0n) is 19.3. The molecule has 9 nitrogen and oxygen atoms in total. The summed E-state index contributed by atoms with van der Waals surface area (Å²) in [4.78, 5) is 44.9. The number of aromatic nitrogens is 1. The number of carbonyl (C=O) groups is 3. The molecule has 1 saturated heterocycles. The highest BCUT2D eigenvalue weighted by Crippen LogP contribution is 2.20. The molecule has 2 aromatic rings. The van der Waals surface area contributed by atoms with E-state index in [2.05, 4.69) is 20.9 Å². The van der Waals surface area contributed by atoms with Gasteiger partial charge >= 0.3 is 12.1 Å². The Kier molecular flexibility index (Phi) is 7.61. The second kappa shape index (κ2) is 10.4. The van der Waals surface area contributed by atoms with Gasteiger partial charge in [-0.05, 0) is 39.3 Å². The molecule has 1 fully saturated rings. The fourth-order valence-corrected chi connectivity index (χ4v) is 4.10. The second-order valence-electron chi connectivity index (χ2n) is 8.55. The van der Waals surface area contributed by atoms with Crippen molar-refractivity contribution in [1.82, 2.24) is 30.7 Å². The number of aromatic amines is 1. The van der Waals surface area contributed by atoms with E-state index in [0.29, 0.717) is 32.6 Å². The fourth-order valence-electron chi connectivity index (χ4n) is 4.10. The summed E-state index contributed by atoms with van der Waals surface area (Å²) in [5.74, 6) is -0.141. The molecule has 5 amide bonds. The van der Waals surface area contributed by atoms with Gasteiger partial charge in [0.05, 0.1) is 0 Å². The van der Waals surface area contributed by atoms with Crippen molar-refractivity contribution in [2.45, 2.75) is 52.2 Å². The minimum Gasteiger partial charge on any atom is -0.361 e. The standard InChI is InChI=1S/C23H34N6O3/c1-5-24-22(31)27-20(12-17-13-25-19-9-7-6-8-18(17)19)21(30)28-10-11-29(16(4)14-28)23(32)26-15(2)3/h6-9,13,15-16,20,25H,5,10-12,14H2,1-4H3,(H,26,32)(H2,24,27,31). The summed E-state index contributed by atoms with van der Waals surface area (Å²) in [6.07, 6.45) is 2.27. The normalized spacial score (nSPS) is 17.3. The molecule has 0 spiro atoms. The number of nitrogens with one attached hydrogen (secondary N) is 4. The molecule has 174 valence electrons. The van der Waals surface area contributed by atoms with Crippen molar-refractivity contribution in [2.75, 3.05) is 26.2 Å². The van der Waals surface area contributed by atoms with Crippen LogP contribution in [0.25, 0.3) is 10.9 Å². The maximum atomic E-state index is 13.5. The van der Waals surface area contributed by atoms with Gasteiger partial charge in [-0.2, -0.15) is 0 Å². The molecule has 1 aliphatic heterocycles. The molecule has 1 aromatic heterocycles. The minimum atomic E-state index is -0.705. The SMILES string of the molecule is CCNC(=O)NC(Cc1c[nH]c2ccccc12)C(=O)N1CCN(C(=O)NC(C)C)C(C)C1. The molecule has 0 aliphatic carbocycles. The van der Waals surface area contributed by atoms with E-state index in [0.717, 1.165) is 16.5 Å². The van der Waals surface area contributed by atoms with Crippen LogP contribution in [0, 0.1) is 0 Å². The first-order valence-electron chi connectivity index (χ1n) is 11.2. The largest absolute Gasteiger partial charge is 0.361 e. The third-order valence-corrected chi connectivity index (χ3v) is 5.65. The molecule has 9 heteroatoms. The first-order chi connectivity index (χ1) is 15.3. The van der Waals surface area contributed by atoms with Crippen LogP contribution in [0.3, 0.4) is 0 Å². The average Bonchev–Trinajstić information content (AvgIpc) is 3.15. The number of carbonyl (C=O) groups excluding carboxylic acids is 3. The number of piperazine rings is 1. The number of hydrogen-bond donors (Lipinski definition) is 4. The van der Waals surface area contributed by atoms with E-state index in [1.165, 1.54) is 0 Å². The number of fused-ring (bicyclic) bond motifs is 1. The smallest absolute Gasteiger partial charge is 0.317 e. The maximum Gasteiger partial charge on any atom is 0.317 e. The summed E-state index contributed by atoms with van der Waals surface area (Å²) in [5.41, 5.74) is 1.96. The van der Waals surface area contributed by atoms with Gasteiger partial charge in [0.25, 0.3) is 0 Å². The van der Waals surface area contributed by atoms with Crippen LogP contribution in [0.4, 0.5) is 9.59 Å². The molecule has 0 saturated carbocycles. The van der Waals surface area contributed by atoms with E-state index < -0.39 is 6.04 Å². The van der Waals surface area contributed by atoms with Crippen molar-refractivity contribution in [3.8, 4) is 0 Å². The summed E-state index contributed by atoms with van der Waals surface area (Å²) in [6, 6.07) is 6.64. The van der Waals surface area contributed by atoms with Crippen LogP contribution in [0.15, 0.2) is 30.5 Å². The van der Waals surface area contributed by atoms with Crippen molar-refractivity contribution in [3.63, 3.8) is 0 Å². The van der Waals surface area contributed by atoms with Gasteiger partial charge in [0, 0.05) is 61.8 Å². The molecule has 2 unspecified atom stereocenters. The van der Waals surface area contributed by atoms with E-state index in [1.807, 2.05) is 58.2 Å². The molecule has 3 rings (SSSR count). The summed E-state index contributed by atoms with van der Waals surface area (Å²) >= 11 is 0. The number of amides is 5. The molecule has 2 heterocycles. The first-order valence-corrected chi connectivity index (χ1v) is 11.2. The second-order valence-corrected chi connectivity index (χ2v) is 8.55. The van der Waals surface area contributed by atoms with Crippen LogP contribution >= 0.6 is 0 Å². The highest BCUT2D eigenvalue weighted by atomic mass is 16.2. The van der Waals surface area contributed by atoms with Gasteiger partial charge in [-0.15, -0.1) is 0 Å². The van der Waals surface area contributed by atoms with Crippen LogP contribution in [0.5, 0.6) is 0 Å². The predicted molar refractivity (Wildman–Crippen MR) is 124 cm³/mol. The van der Waals surface area contributed by atoms with Crippen molar-refractivity contribution >= 4 is 28.9 Å². The molecule has 1 aliphatic rings. The lowest BCUT2D eigenvalue weighted by Crippen LogP contribution is -2.61. The van der Waals surface area contributed by atoms with Crippen molar-refractivity contribution < 1.29 is 14.4 Å². The Balaban J connectivity index is 1.74. The van der Waals surface area contributed by atoms with Crippen molar-refractivity contribution in [2.24, 2.45) is 0 Å². The summed E-state index contributed by atoms with van der Waals surface area (Å²) in [5, 5.41) is 9.50. The lowest BCUT2D eigenvalue weighted by molar-refractivity contribution is -0.135. The van der Waals surface area contributed by atoms with E-state index in [9.17, 15) is 14.4 Å². The predicted octanol–water partition coefficient (Wildman–Crippen LogP) is 2.05. The number of benzene rings is 1. The van der Waals surface area contributed by atoms with Crippen LogP contribution < -0.4 is 16.0 Å². The molecular weight excluding hydrogens is 408 g/mol. The van der Waals surface area contributed by atoms with Crippen LogP contribution in [-0.2, 0) is 11.2 Å². The molecule has 32 heavy (non-hydrogen) atoms. The number of nitrogens with zero attached hydrogens (tertiary/aromatic N) is 2. The molecule has 2 atom stereocenters. The Bertz CT molecular complexity index is 956. The van der Waals surface area contributed by atoms with Gasteiger partial charge in [-0.25, -0.2) is 9.59 Å². The van der Waals surface area contributed by atoms with E-state index >= 15 is 0 Å². The van der Waals surface area contributed by atoms with Gasteiger partial charge in [0.1, 0.15) is 6.04 Å². The highest BCUT2D eigenvalue weighted by Gasteiger charge is 2.34.